The second-order valence-corrected chi connectivity index (χ2v) is 4.91. The summed E-state index contributed by atoms with van der Waals surface area (Å²) in [7, 11) is 0. The van der Waals surface area contributed by atoms with Crippen molar-refractivity contribution in [1.82, 2.24) is 0 Å². The van der Waals surface area contributed by atoms with Crippen LogP contribution in [0.4, 0.5) is 17.6 Å². The minimum absolute atomic E-state index is 0.0611. The molecule has 0 atom stereocenters. The zero-order chi connectivity index (χ0) is 14.6. The molecule has 0 amide bonds. The summed E-state index contributed by atoms with van der Waals surface area (Å²) in [6.07, 6.45) is -0.979. The highest BCUT2D eigenvalue weighted by Gasteiger charge is 2.34. The molecule has 1 aromatic carbocycles. The number of alkyl halides is 2. The maximum atomic E-state index is 13.7. The Morgan fingerprint density at radius 2 is 1.84 bits per heavy atom. The summed E-state index contributed by atoms with van der Waals surface area (Å²) in [5.41, 5.74) is -1.01. The molecule has 0 aliphatic carbocycles. The number of carboxylic acid groups (broad SMARTS) is 1. The van der Waals surface area contributed by atoms with E-state index in [1.165, 1.54) is 0 Å². The number of unbranched alkanes of at least 4 members (excludes halogenated alkanes) is 1. The maximum absolute atomic E-state index is 13.7. The van der Waals surface area contributed by atoms with Crippen molar-refractivity contribution in [2.24, 2.45) is 0 Å². The van der Waals surface area contributed by atoms with Crippen molar-refractivity contribution in [3.05, 3.63) is 33.8 Å². The van der Waals surface area contributed by atoms with Gasteiger partial charge in [0.05, 0.1) is 10.0 Å². The van der Waals surface area contributed by atoms with Crippen LogP contribution < -0.4 is 0 Å². The molecule has 0 heterocycles. The van der Waals surface area contributed by atoms with Crippen molar-refractivity contribution in [2.75, 3.05) is 0 Å². The molecule has 0 saturated heterocycles. The smallest absolute Gasteiger partial charge is 0.303 e. The van der Waals surface area contributed by atoms with Crippen LogP contribution in [0.2, 0.25) is 0 Å². The molecule has 7 heteroatoms. The molecule has 0 bridgehead atoms. The SMILES string of the molecule is O=C(O)CCCCC(F)(F)c1cc(F)c(Br)cc1F. The third kappa shape index (κ3) is 4.49. The molecule has 1 rings (SSSR count). The Morgan fingerprint density at radius 3 is 2.42 bits per heavy atom. The number of hydrogen-bond donors (Lipinski definition) is 1. The van der Waals surface area contributed by atoms with Crippen molar-refractivity contribution in [2.45, 2.75) is 31.6 Å². The van der Waals surface area contributed by atoms with Crippen LogP contribution in [0.15, 0.2) is 16.6 Å². The Morgan fingerprint density at radius 1 is 1.21 bits per heavy atom. The van der Waals surface area contributed by atoms with Crippen LogP contribution in [0.25, 0.3) is 0 Å². The summed E-state index contributed by atoms with van der Waals surface area (Å²) >= 11 is 2.70. The molecule has 0 saturated carbocycles. The highest BCUT2D eigenvalue weighted by molar-refractivity contribution is 9.10. The van der Waals surface area contributed by atoms with Crippen molar-refractivity contribution < 1.29 is 27.5 Å². The summed E-state index contributed by atoms with van der Waals surface area (Å²) in [6.45, 7) is 0. The van der Waals surface area contributed by atoms with Gasteiger partial charge in [-0.05, 0) is 40.9 Å². The van der Waals surface area contributed by atoms with Crippen LogP contribution in [0.1, 0.15) is 31.2 Å². The topological polar surface area (TPSA) is 37.3 Å². The average Bonchev–Trinajstić information content (AvgIpc) is 2.29. The zero-order valence-corrected chi connectivity index (χ0v) is 11.3. The zero-order valence-electron chi connectivity index (χ0n) is 9.73. The van der Waals surface area contributed by atoms with Gasteiger partial charge in [-0.15, -0.1) is 0 Å². The molecule has 1 N–H and O–H groups in total. The number of halogens is 5. The van der Waals surface area contributed by atoms with Crippen molar-refractivity contribution in [3.8, 4) is 0 Å². The summed E-state index contributed by atoms with van der Waals surface area (Å²) in [4.78, 5) is 10.2. The van der Waals surface area contributed by atoms with Gasteiger partial charge in [-0.3, -0.25) is 4.79 Å². The quantitative estimate of drug-likeness (QED) is 0.470. The fourth-order valence-corrected chi connectivity index (χ4v) is 1.88. The summed E-state index contributed by atoms with van der Waals surface area (Å²) in [6, 6.07) is 1.10. The van der Waals surface area contributed by atoms with E-state index in [9.17, 15) is 22.4 Å². The molecular weight excluding hydrogens is 332 g/mol. The fraction of sp³-hybridized carbons (Fsp3) is 0.417. The number of carboxylic acids is 1. The predicted octanol–water partition coefficient (Wildman–Crippen LogP) is 4.46. The van der Waals surface area contributed by atoms with Crippen molar-refractivity contribution >= 4 is 21.9 Å². The highest BCUT2D eigenvalue weighted by atomic mass is 79.9. The lowest BCUT2D eigenvalue weighted by molar-refractivity contribution is -0.137. The average molecular weight is 343 g/mol. The van der Waals surface area contributed by atoms with E-state index < -0.39 is 35.5 Å². The fourth-order valence-electron chi connectivity index (χ4n) is 1.56. The lowest BCUT2D eigenvalue weighted by atomic mass is 10.0. The number of benzene rings is 1. The van der Waals surface area contributed by atoms with Crippen LogP contribution in [0.5, 0.6) is 0 Å². The third-order valence-electron chi connectivity index (χ3n) is 2.54. The van der Waals surface area contributed by atoms with Gasteiger partial charge in [0, 0.05) is 12.8 Å². The second kappa shape index (κ2) is 6.36. The molecule has 0 spiro atoms. The van der Waals surface area contributed by atoms with Crippen LogP contribution in [0, 0.1) is 11.6 Å². The Hall–Kier alpha value is -1.11. The van der Waals surface area contributed by atoms with E-state index in [1.807, 2.05) is 0 Å². The van der Waals surface area contributed by atoms with Gasteiger partial charge in [0.15, 0.2) is 0 Å². The van der Waals surface area contributed by atoms with Gasteiger partial charge in [0.1, 0.15) is 11.6 Å². The highest BCUT2D eigenvalue weighted by Crippen LogP contribution is 2.36. The van der Waals surface area contributed by atoms with E-state index >= 15 is 0 Å². The summed E-state index contributed by atoms with van der Waals surface area (Å²) in [5, 5.41) is 8.37. The molecule has 106 valence electrons. The van der Waals surface area contributed by atoms with Crippen molar-refractivity contribution in [3.63, 3.8) is 0 Å². The standard InChI is InChI=1S/C12H11BrF4O2/c13-8-6-9(14)7(5-10(8)15)12(16,17)4-2-1-3-11(18)19/h5-6H,1-4H2,(H,18,19). The first-order valence-corrected chi connectivity index (χ1v) is 6.28. The van der Waals surface area contributed by atoms with Gasteiger partial charge in [-0.1, -0.05) is 0 Å². The van der Waals surface area contributed by atoms with Gasteiger partial charge in [0.25, 0.3) is 5.92 Å². The Labute approximate surface area is 115 Å². The Balaban J connectivity index is 2.76. The van der Waals surface area contributed by atoms with E-state index in [2.05, 4.69) is 15.9 Å². The maximum Gasteiger partial charge on any atom is 0.303 e. The molecule has 0 aliphatic heterocycles. The van der Waals surface area contributed by atoms with E-state index in [-0.39, 0.29) is 23.7 Å². The number of hydrogen-bond acceptors (Lipinski definition) is 1. The predicted molar refractivity (Wildman–Crippen MR) is 64.1 cm³/mol. The molecule has 1 aromatic rings. The van der Waals surface area contributed by atoms with Gasteiger partial charge >= 0.3 is 5.97 Å². The van der Waals surface area contributed by atoms with Gasteiger partial charge in [-0.2, -0.15) is 0 Å². The minimum Gasteiger partial charge on any atom is -0.481 e. The van der Waals surface area contributed by atoms with Crippen LogP contribution in [0.3, 0.4) is 0 Å². The molecule has 0 aliphatic rings. The normalized spacial score (nSPS) is 11.6. The first-order chi connectivity index (χ1) is 8.74. The molecule has 0 radical (unpaired) electrons. The summed E-state index contributed by atoms with van der Waals surface area (Å²) in [5.74, 6) is -6.77. The second-order valence-electron chi connectivity index (χ2n) is 4.05. The molecule has 19 heavy (non-hydrogen) atoms. The lowest BCUT2D eigenvalue weighted by Crippen LogP contribution is -2.16. The molecule has 2 nitrogen and oxygen atoms in total. The first kappa shape index (κ1) is 15.9. The molecule has 0 fully saturated rings. The van der Waals surface area contributed by atoms with E-state index in [4.69, 9.17) is 5.11 Å². The van der Waals surface area contributed by atoms with Gasteiger partial charge < -0.3 is 5.11 Å². The van der Waals surface area contributed by atoms with Gasteiger partial charge in [-0.25, -0.2) is 17.6 Å². The first-order valence-electron chi connectivity index (χ1n) is 5.48. The Kier molecular flexibility index (Phi) is 5.34. The third-order valence-corrected chi connectivity index (χ3v) is 3.14. The van der Waals surface area contributed by atoms with E-state index in [1.54, 1.807) is 0 Å². The van der Waals surface area contributed by atoms with Gasteiger partial charge in [0.2, 0.25) is 0 Å². The molecular formula is C12H11BrF4O2. The Bertz CT molecular complexity index is 477. The van der Waals surface area contributed by atoms with Crippen LogP contribution in [-0.2, 0) is 10.7 Å². The lowest BCUT2D eigenvalue weighted by Gasteiger charge is -2.17. The monoisotopic (exact) mass is 342 g/mol. The van der Waals surface area contributed by atoms with E-state index in [0.29, 0.717) is 12.1 Å². The number of aliphatic carboxylic acids is 1. The van der Waals surface area contributed by atoms with Crippen LogP contribution >= 0.6 is 15.9 Å². The minimum atomic E-state index is -3.52. The molecule has 0 aromatic heterocycles. The number of carbonyl (C=O) groups is 1. The van der Waals surface area contributed by atoms with E-state index in [0.717, 1.165) is 0 Å². The van der Waals surface area contributed by atoms with Crippen LogP contribution in [-0.4, -0.2) is 11.1 Å². The molecule has 0 unspecified atom stereocenters. The van der Waals surface area contributed by atoms with Crippen molar-refractivity contribution in [1.29, 1.82) is 0 Å². The number of rotatable bonds is 6. The largest absolute Gasteiger partial charge is 0.481 e. The summed E-state index contributed by atoms with van der Waals surface area (Å²) < 4.78 is 53.7.